The summed E-state index contributed by atoms with van der Waals surface area (Å²) >= 11 is 0. The summed E-state index contributed by atoms with van der Waals surface area (Å²) in [5, 5.41) is 0. The molecule has 0 unspecified atom stereocenters. The summed E-state index contributed by atoms with van der Waals surface area (Å²) < 4.78 is 86.4. The number of aryl methyl sites for hydroxylation is 1. The number of halogens is 6. The molecule has 1 heterocycles. The minimum Gasteiger partial charge on any atom is -0.462 e. The molecule has 3 aromatic rings. The lowest BCUT2D eigenvalue weighted by Crippen LogP contribution is -2.13. The lowest BCUT2D eigenvalue weighted by Gasteiger charge is -2.18. The van der Waals surface area contributed by atoms with Gasteiger partial charge < -0.3 is 9.30 Å². The van der Waals surface area contributed by atoms with Gasteiger partial charge in [0.15, 0.2) is 0 Å². The number of hydrogen-bond acceptors (Lipinski definition) is 2. The second kappa shape index (κ2) is 8.13. The minimum atomic E-state index is -4.99. The van der Waals surface area contributed by atoms with Crippen molar-refractivity contribution in [3.63, 3.8) is 0 Å². The van der Waals surface area contributed by atoms with Crippen molar-refractivity contribution < 1.29 is 35.9 Å². The van der Waals surface area contributed by atoms with Gasteiger partial charge >= 0.3 is 18.3 Å². The number of benzene rings is 2. The third-order valence-electron chi connectivity index (χ3n) is 4.56. The van der Waals surface area contributed by atoms with Gasteiger partial charge in [0.05, 0.1) is 29.0 Å². The van der Waals surface area contributed by atoms with Gasteiger partial charge in [-0.1, -0.05) is 30.3 Å². The highest BCUT2D eigenvalue weighted by atomic mass is 19.4. The number of alkyl halides is 6. The molecule has 0 atom stereocenters. The van der Waals surface area contributed by atoms with Crippen LogP contribution in [0.15, 0.2) is 54.6 Å². The number of hydrogen-bond donors (Lipinski definition) is 0. The third kappa shape index (κ3) is 4.60. The average molecular weight is 441 g/mol. The average Bonchev–Trinajstić information content (AvgIpc) is 3.04. The first-order valence-corrected chi connectivity index (χ1v) is 9.18. The normalized spacial score (nSPS) is 12.1. The van der Waals surface area contributed by atoms with Crippen LogP contribution in [0.4, 0.5) is 26.3 Å². The first-order valence-electron chi connectivity index (χ1n) is 9.18. The van der Waals surface area contributed by atoms with Gasteiger partial charge in [-0.2, -0.15) is 26.3 Å². The molecular weight excluding hydrogens is 424 g/mol. The smallest absolute Gasteiger partial charge is 0.416 e. The van der Waals surface area contributed by atoms with Crippen molar-refractivity contribution in [3.8, 4) is 16.9 Å². The predicted octanol–water partition coefficient (Wildman–Crippen LogP) is 6.67. The van der Waals surface area contributed by atoms with Crippen LogP contribution in [0.2, 0.25) is 0 Å². The van der Waals surface area contributed by atoms with Gasteiger partial charge in [-0.25, -0.2) is 4.79 Å². The highest BCUT2D eigenvalue weighted by Crippen LogP contribution is 2.39. The van der Waals surface area contributed by atoms with E-state index in [-0.39, 0.29) is 35.3 Å². The van der Waals surface area contributed by atoms with Crippen molar-refractivity contribution in [2.24, 2.45) is 0 Å². The van der Waals surface area contributed by atoms with E-state index in [0.29, 0.717) is 17.7 Å². The summed E-state index contributed by atoms with van der Waals surface area (Å²) in [7, 11) is 0. The number of esters is 1. The SMILES string of the molecule is CCOC(=O)c1cc(C)n(-c2cc(C(F)(F)F)cc(C(F)(F)F)c2)c1-c1ccccc1. The molecule has 3 nitrogen and oxygen atoms in total. The Labute approximate surface area is 173 Å². The minimum absolute atomic E-state index is 0.0384. The summed E-state index contributed by atoms with van der Waals surface area (Å²) in [4.78, 5) is 12.5. The van der Waals surface area contributed by atoms with E-state index in [4.69, 9.17) is 4.74 Å². The Bertz CT molecular complexity index is 1070. The maximum Gasteiger partial charge on any atom is 0.416 e. The van der Waals surface area contributed by atoms with Gasteiger partial charge in [0.2, 0.25) is 0 Å². The quantitative estimate of drug-likeness (QED) is 0.335. The molecule has 0 saturated carbocycles. The Balaban J connectivity index is 2.36. The molecule has 0 aliphatic rings. The van der Waals surface area contributed by atoms with Crippen molar-refractivity contribution in [1.29, 1.82) is 0 Å². The maximum atomic E-state index is 13.4. The van der Waals surface area contributed by atoms with Crippen LogP contribution in [0, 0.1) is 6.92 Å². The Morgan fingerprint density at radius 3 is 1.94 bits per heavy atom. The van der Waals surface area contributed by atoms with Crippen molar-refractivity contribution in [1.82, 2.24) is 4.57 Å². The van der Waals surface area contributed by atoms with Gasteiger partial charge in [-0.3, -0.25) is 0 Å². The van der Waals surface area contributed by atoms with Crippen LogP contribution in [0.25, 0.3) is 16.9 Å². The number of rotatable bonds is 4. The molecule has 31 heavy (non-hydrogen) atoms. The molecule has 164 valence electrons. The van der Waals surface area contributed by atoms with E-state index < -0.39 is 29.4 Å². The number of ether oxygens (including phenoxy) is 1. The number of nitrogens with zero attached hydrogens (tertiary/aromatic N) is 1. The number of carbonyl (C=O) groups excluding carboxylic acids is 1. The standard InChI is InChI=1S/C22H17F6NO2/c1-3-31-20(30)18-9-13(2)29(19(18)14-7-5-4-6-8-14)17-11-15(21(23,24)25)10-16(12-17)22(26,27)28/h4-12H,3H2,1-2H3. The molecule has 3 rings (SSSR count). The van der Waals surface area contributed by atoms with Gasteiger partial charge in [-0.05, 0) is 43.7 Å². The molecule has 0 aliphatic carbocycles. The van der Waals surface area contributed by atoms with Crippen LogP contribution in [-0.4, -0.2) is 17.1 Å². The zero-order valence-corrected chi connectivity index (χ0v) is 16.4. The summed E-state index contributed by atoms with van der Waals surface area (Å²) in [6, 6.07) is 10.9. The third-order valence-corrected chi connectivity index (χ3v) is 4.56. The summed E-state index contributed by atoms with van der Waals surface area (Å²) in [6.45, 7) is 3.13. The molecule has 0 fully saturated rings. The van der Waals surface area contributed by atoms with Crippen LogP contribution >= 0.6 is 0 Å². The fourth-order valence-corrected chi connectivity index (χ4v) is 3.28. The van der Waals surface area contributed by atoms with Crippen LogP contribution in [0.5, 0.6) is 0 Å². The molecule has 1 aromatic heterocycles. The van der Waals surface area contributed by atoms with E-state index >= 15 is 0 Å². The lowest BCUT2D eigenvalue weighted by atomic mass is 10.1. The lowest BCUT2D eigenvalue weighted by molar-refractivity contribution is -0.143. The maximum absolute atomic E-state index is 13.4. The van der Waals surface area contributed by atoms with E-state index in [9.17, 15) is 31.1 Å². The monoisotopic (exact) mass is 441 g/mol. The zero-order chi connectivity index (χ0) is 23.0. The van der Waals surface area contributed by atoms with E-state index in [1.54, 1.807) is 37.3 Å². The predicted molar refractivity (Wildman–Crippen MR) is 102 cm³/mol. The van der Waals surface area contributed by atoms with Crippen LogP contribution < -0.4 is 0 Å². The highest BCUT2D eigenvalue weighted by Gasteiger charge is 2.37. The van der Waals surface area contributed by atoms with Gasteiger partial charge in [0.25, 0.3) is 0 Å². The fourth-order valence-electron chi connectivity index (χ4n) is 3.28. The number of aromatic nitrogens is 1. The fraction of sp³-hybridized carbons (Fsp3) is 0.227. The van der Waals surface area contributed by atoms with E-state index in [1.807, 2.05) is 0 Å². The molecule has 0 aliphatic heterocycles. The molecule has 2 aromatic carbocycles. The first kappa shape index (κ1) is 22.5. The van der Waals surface area contributed by atoms with E-state index in [0.717, 1.165) is 0 Å². The topological polar surface area (TPSA) is 31.2 Å². The molecule has 0 saturated heterocycles. The highest BCUT2D eigenvalue weighted by molar-refractivity contribution is 5.97. The number of carbonyl (C=O) groups is 1. The zero-order valence-electron chi connectivity index (χ0n) is 16.4. The van der Waals surface area contributed by atoms with Crippen molar-refractivity contribution >= 4 is 5.97 Å². The van der Waals surface area contributed by atoms with Crippen LogP contribution in [0.3, 0.4) is 0 Å². The van der Waals surface area contributed by atoms with Crippen LogP contribution in [0.1, 0.15) is 34.1 Å². The van der Waals surface area contributed by atoms with Crippen molar-refractivity contribution in [2.45, 2.75) is 26.2 Å². The Kier molecular flexibility index (Phi) is 5.89. The van der Waals surface area contributed by atoms with E-state index in [2.05, 4.69) is 0 Å². The summed E-state index contributed by atoms with van der Waals surface area (Å²) in [5.74, 6) is -0.730. The van der Waals surface area contributed by atoms with Gasteiger partial charge in [0.1, 0.15) is 0 Å². The Morgan fingerprint density at radius 1 is 0.903 bits per heavy atom. The molecular formula is C22H17F6NO2. The molecule has 0 amide bonds. The van der Waals surface area contributed by atoms with E-state index in [1.165, 1.54) is 17.6 Å². The van der Waals surface area contributed by atoms with Crippen molar-refractivity contribution in [2.75, 3.05) is 6.61 Å². The molecule has 0 spiro atoms. The largest absolute Gasteiger partial charge is 0.462 e. The summed E-state index contributed by atoms with van der Waals surface area (Å²) in [6.07, 6.45) is -9.98. The van der Waals surface area contributed by atoms with Gasteiger partial charge in [0, 0.05) is 11.4 Å². The Hall–Kier alpha value is -3.23. The summed E-state index contributed by atoms with van der Waals surface area (Å²) in [5.41, 5.74) is -2.36. The molecule has 0 N–H and O–H groups in total. The second-order valence-corrected chi connectivity index (χ2v) is 6.73. The molecule has 0 bridgehead atoms. The van der Waals surface area contributed by atoms with Crippen LogP contribution in [-0.2, 0) is 17.1 Å². The Morgan fingerprint density at radius 2 is 1.45 bits per heavy atom. The second-order valence-electron chi connectivity index (χ2n) is 6.73. The van der Waals surface area contributed by atoms with Crippen molar-refractivity contribution in [3.05, 3.63) is 77.0 Å². The molecule has 0 radical (unpaired) electrons. The molecule has 9 heteroatoms. The first-order chi connectivity index (χ1) is 14.4. The van der Waals surface area contributed by atoms with Gasteiger partial charge in [-0.15, -0.1) is 0 Å².